The van der Waals surface area contributed by atoms with Gasteiger partial charge in [-0.25, -0.2) is 0 Å². The molecule has 1 rings (SSSR count). The molecule has 0 aliphatic carbocycles. The maximum atomic E-state index is 6.29. The molecule has 16 heavy (non-hydrogen) atoms. The van der Waals surface area contributed by atoms with E-state index in [9.17, 15) is 0 Å². The van der Waals surface area contributed by atoms with E-state index >= 15 is 0 Å². The lowest BCUT2D eigenvalue weighted by molar-refractivity contribution is 0.131. The predicted octanol–water partition coefficient (Wildman–Crippen LogP) is 4.65. The van der Waals surface area contributed by atoms with E-state index in [2.05, 4.69) is 6.58 Å². The van der Waals surface area contributed by atoms with E-state index in [-0.39, 0.29) is 5.60 Å². The Morgan fingerprint density at radius 2 is 2.00 bits per heavy atom. The molecule has 0 atom stereocenters. The lowest BCUT2D eigenvalue weighted by atomic mass is 10.0. The van der Waals surface area contributed by atoms with Gasteiger partial charge >= 0.3 is 0 Å². The molecule has 0 saturated carbocycles. The molecule has 0 aromatic heterocycles. The molecule has 0 spiro atoms. The van der Waals surface area contributed by atoms with Crippen molar-refractivity contribution in [3.05, 3.63) is 47.4 Å². The maximum Gasteiger partial charge on any atom is 0.139 e. The summed E-state index contributed by atoms with van der Waals surface area (Å²) >= 11 is 6.29. The van der Waals surface area contributed by atoms with E-state index in [1.54, 1.807) is 6.08 Å². The van der Waals surface area contributed by atoms with Crippen molar-refractivity contribution in [1.82, 2.24) is 0 Å². The summed E-state index contributed by atoms with van der Waals surface area (Å²) < 4.78 is 5.79. The first-order valence-electron chi connectivity index (χ1n) is 5.29. The molecule has 0 fully saturated rings. The topological polar surface area (TPSA) is 9.23 Å². The highest BCUT2D eigenvalue weighted by Crippen LogP contribution is 2.34. The van der Waals surface area contributed by atoms with Crippen molar-refractivity contribution >= 4 is 11.6 Å². The number of hydrogen-bond acceptors (Lipinski definition) is 1. The highest BCUT2D eigenvalue weighted by Gasteiger charge is 2.17. The summed E-state index contributed by atoms with van der Waals surface area (Å²) in [7, 11) is 0. The van der Waals surface area contributed by atoms with Crippen molar-refractivity contribution in [2.75, 3.05) is 0 Å². The Labute approximate surface area is 103 Å². The van der Waals surface area contributed by atoms with E-state index < -0.39 is 0 Å². The Morgan fingerprint density at radius 3 is 2.50 bits per heavy atom. The second kappa shape index (κ2) is 4.92. The molecule has 1 aromatic carbocycles. The summed E-state index contributed by atoms with van der Waals surface area (Å²) in [5.74, 6) is 1.76. The van der Waals surface area contributed by atoms with Crippen LogP contribution < -0.4 is 4.74 Å². The monoisotopic (exact) mass is 237 g/mol. The number of halogens is 1. The van der Waals surface area contributed by atoms with Gasteiger partial charge in [0.15, 0.2) is 0 Å². The molecule has 2 heteroatoms. The summed E-state index contributed by atoms with van der Waals surface area (Å²) in [6, 6.07) is 5.79. The van der Waals surface area contributed by atoms with Crippen LogP contribution in [0.15, 0.2) is 30.9 Å². The van der Waals surface area contributed by atoms with Crippen LogP contribution in [-0.4, -0.2) is 5.60 Å². The van der Waals surface area contributed by atoms with E-state index in [4.69, 9.17) is 16.3 Å². The average Bonchev–Trinajstić information content (AvgIpc) is 2.18. The third-order valence-corrected chi connectivity index (χ3v) is 2.50. The minimum atomic E-state index is -0.246. The molecule has 0 aliphatic rings. The highest BCUT2D eigenvalue weighted by molar-refractivity contribution is 6.33. The Balaban J connectivity index is 3.09. The molecule has 87 valence electrons. The summed E-state index contributed by atoms with van der Waals surface area (Å²) in [4.78, 5) is 0. The molecule has 1 nitrogen and oxygen atoms in total. The van der Waals surface area contributed by atoms with Crippen LogP contribution in [0, 0.1) is 5.92 Å². The van der Waals surface area contributed by atoms with Crippen LogP contribution >= 0.6 is 11.6 Å². The minimum Gasteiger partial charge on any atom is -0.487 e. The summed E-state index contributed by atoms with van der Waals surface area (Å²) in [6.45, 7) is 11.7. The molecule has 0 amide bonds. The highest BCUT2D eigenvalue weighted by atomic mass is 35.5. The largest absolute Gasteiger partial charge is 0.487 e. The van der Waals surface area contributed by atoms with Gasteiger partial charge in [-0.3, -0.25) is 0 Å². The fourth-order valence-corrected chi connectivity index (χ4v) is 1.65. The number of benzene rings is 1. The minimum absolute atomic E-state index is 0.246. The Bertz CT molecular complexity index is 377. The molecule has 1 radical (unpaired) electrons. The number of rotatable bonds is 3. The van der Waals surface area contributed by atoms with Crippen LogP contribution in [0.25, 0.3) is 0 Å². The molecular weight excluding hydrogens is 220 g/mol. The second-order valence-corrected chi connectivity index (χ2v) is 5.10. The normalized spacial score (nSPS) is 11.6. The van der Waals surface area contributed by atoms with Gasteiger partial charge in [-0.15, -0.1) is 6.58 Å². The SMILES string of the molecule is C=C[C](C)c1cccc(OC(C)(C)C)c1Cl. The third kappa shape index (κ3) is 3.28. The quantitative estimate of drug-likeness (QED) is 0.744. The zero-order valence-electron chi connectivity index (χ0n) is 10.3. The Morgan fingerprint density at radius 1 is 1.38 bits per heavy atom. The Hall–Kier alpha value is -0.950. The zero-order valence-corrected chi connectivity index (χ0v) is 11.1. The van der Waals surface area contributed by atoms with Gasteiger partial charge < -0.3 is 4.74 Å². The van der Waals surface area contributed by atoms with Gasteiger partial charge in [0.25, 0.3) is 0 Å². The van der Waals surface area contributed by atoms with Crippen molar-refractivity contribution in [2.24, 2.45) is 0 Å². The van der Waals surface area contributed by atoms with Crippen LogP contribution in [0.5, 0.6) is 5.75 Å². The van der Waals surface area contributed by atoms with Crippen molar-refractivity contribution in [3.8, 4) is 5.75 Å². The van der Waals surface area contributed by atoms with Crippen LogP contribution in [0.3, 0.4) is 0 Å². The van der Waals surface area contributed by atoms with Crippen molar-refractivity contribution in [1.29, 1.82) is 0 Å². The van der Waals surface area contributed by atoms with E-state index in [1.165, 1.54) is 0 Å². The predicted molar refractivity (Wildman–Crippen MR) is 70.0 cm³/mol. The maximum absolute atomic E-state index is 6.29. The molecule has 0 bridgehead atoms. The summed E-state index contributed by atoms with van der Waals surface area (Å²) in [5.41, 5.74) is 0.725. The molecule has 0 unspecified atom stereocenters. The molecule has 0 aliphatic heterocycles. The summed E-state index contributed by atoms with van der Waals surface area (Å²) in [6.07, 6.45) is 1.79. The molecule has 0 N–H and O–H groups in total. The van der Waals surface area contributed by atoms with Crippen molar-refractivity contribution in [3.63, 3.8) is 0 Å². The molecule has 0 heterocycles. The van der Waals surface area contributed by atoms with Crippen molar-refractivity contribution in [2.45, 2.75) is 33.3 Å². The molecular formula is C14H18ClO. The lowest BCUT2D eigenvalue weighted by Gasteiger charge is -2.23. The van der Waals surface area contributed by atoms with Gasteiger partial charge in [-0.05, 0) is 32.4 Å². The van der Waals surface area contributed by atoms with Gasteiger partial charge in [-0.1, -0.05) is 36.7 Å². The van der Waals surface area contributed by atoms with Gasteiger partial charge in [-0.2, -0.15) is 0 Å². The fraction of sp³-hybridized carbons (Fsp3) is 0.357. The van der Waals surface area contributed by atoms with Gasteiger partial charge in [0.1, 0.15) is 11.4 Å². The van der Waals surface area contributed by atoms with E-state index in [1.807, 2.05) is 45.9 Å². The first kappa shape index (κ1) is 13.1. The average molecular weight is 238 g/mol. The number of allylic oxidation sites excluding steroid dienone is 1. The number of hydrogen-bond donors (Lipinski definition) is 0. The van der Waals surface area contributed by atoms with Gasteiger partial charge in [0, 0.05) is 5.92 Å². The van der Waals surface area contributed by atoms with Crippen LogP contribution in [0.4, 0.5) is 0 Å². The van der Waals surface area contributed by atoms with Crippen LogP contribution in [0.2, 0.25) is 5.02 Å². The van der Waals surface area contributed by atoms with Gasteiger partial charge in [0.2, 0.25) is 0 Å². The summed E-state index contributed by atoms with van der Waals surface area (Å²) in [5, 5.41) is 0.648. The third-order valence-electron chi connectivity index (χ3n) is 2.11. The number of ether oxygens (including phenoxy) is 1. The smallest absolute Gasteiger partial charge is 0.139 e. The first-order chi connectivity index (χ1) is 7.35. The standard InChI is InChI=1S/C14H18ClO/c1-6-10(2)11-8-7-9-12(13(11)15)16-14(3,4)5/h6-9H,1H2,2-5H3. The fourth-order valence-electron chi connectivity index (χ4n) is 1.33. The lowest BCUT2D eigenvalue weighted by Crippen LogP contribution is -2.23. The first-order valence-corrected chi connectivity index (χ1v) is 5.67. The van der Waals surface area contributed by atoms with Gasteiger partial charge in [0.05, 0.1) is 5.02 Å². The van der Waals surface area contributed by atoms with Crippen LogP contribution in [-0.2, 0) is 0 Å². The van der Waals surface area contributed by atoms with E-state index in [0.29, 0.717) is 10.8 Å². The van der Waals surface area contributed by atoms with Crippen molar-refractivity contribution < 1.29 is 4.74 Å². The zero-order chi connectivity index (χ0) is 12.3. The molecule has 1 aromatic rings. The van der Waals surface area contributed by atoms with Crippen LogP contribution in [0.1, 0.15) is 33.3 Å². The Kier molecular flexibility index (Phi) is 4.03. The second-order valence-electron chi connectivity index (χ2n) is 4.72. The molecule has 0 saturated heterocycles. The van der Waals surface area contributed by atoms with E-state index in [0.717, 1.165) is 11.5 Å².